The number of nitrogens with one attached hydrogen (secondary N) is 1. The van der Waals surface area contributed by atoms with E-state index >= 15 is 0 Å². The number of methoxy groups -OCH3 is 1. The molecule has 1 aliphatic carbocycles. The lowest BCUT2D eigenvalue weighted by atomic mass is 9.83. The molecule has 1 rings (SSSR count). The van der Waals surface area contributed by atoms with E-state index in [9.17, 15) is 0 Å². The zero-order valence-electron chi connectivity index (χ0n) is 11.1. The van der Waals surface area contributed by atoms with Gasteiger partial charge < -0.3 is 15.8 Å². The fourth-order valence-corrected chi connectivity index (χ4v) is 2.61. The lowest BCUT2D eigenvalue weighted by Gasteiger charge is -2.34. The Morgan fingerprint density at radius 3 is 2.62 bits per heavy atom. The molecule has 0 radical (unpaired) electrons. The predicted octanol–water partition coefficient (Wildman–Crippen LogP) is 1.77. The summed E-state index contributed by atoms with van der Waals surface area (Å²) in [4.78, 5) is 0. The topological polar surface area (TPSA) is 47.3 Å². The quantitative estimate of drug-likeness (QED) is 0.728. The standard InChI is InChI=1S/C13H28N2O/c1-13(2,10-16-3)9-15-12-7-5-4-6-11(12)8-14/h11-12,15H,4-10,14H2,1-3H3. The average Bonchev–Trinajstić information content (AvgIpc) is 2.27. The molecule has 0 aromatic rings. The van der Waals surface area contributed by atoms with E-state index < -0.39 is 0 Å². The number of hydrogen-bond acceptors (Lipinski definition) is 3. The Kier molecular flexibility index (Phi) is 5.73. The molecule has 0 aromatic heterocycles. The Hall–Kier alpha value is -0.120. The summed E-state index contributed by atoms with van der Waals surface area (Å²) in [6.45, 7) is 7.12. The smallest absolute Gasteiger partial charge is 0.0525 e. The molecule has 96 valence electrons. The molecule has 0 heterocycles. The van der Waals surface area contributed by atoms with Crippen molar-refractivity contribution in [1.82, 2.24) is 5.32 Å². The summed E-state index contributed by atoms with van der Waals surface area (Å²) >= 11 is 0. The van der Waals surface area contributed by atoms with Crippen LogP contribution in [0.4, 0.5) is 0 Å². The van der Waals surface area contributed by atoms with Gasteiger partial charge >= 0.3 is 0 Å². The molecule has 3 nitrogen and oxygen atoms in total. The van der Waals surface area contributed by atoms with E-state index in [1.165, 1.54) is 25.7 Å². The van der Waals surface area contributed by atoms with Gasteiger partial charge in [-0.05, 0) is 25.3 Å². The summed E-state index contributed by atoms with van der Waals surface area (Å²) in [5, 5.41) is 3.69. The van der Waals surface area contributed by atoms with Crippen molar-refractivity contribution in [3.05, 3.63) is 0 Å². The fraction of sp³-hybridized carbons (Fsp3) is 1.00. The molecular formula is C13H28N2O. The number of nitrogens with two attached hydrogens (primary N) is 1. The van der Waals surface area contributed by atoms with Gasteiger partial charge in [0.05, 0.1) is 6.61 Å². The third-order valence-electron chi connectivity index (χ3n) is 3.59. The SMILES string of the molecule is COCC(C)(C)CNC1CCCCC1CN. The van der Waals surface area contributed by atoms with Crippen molar-refractivity contribution in [1.29, 1.82) is 0 Å². The van der Waals surface area contributed by atoms with Crippen LogP contribution in [0, 0.1) is 11.3 Å². The zero-order valence-corrected chi connectivity index (χ0v) is 11.1. The van der Waals surface area contributed by atoms with Crippen LogP contribution in [0.1, 0.15) is 39.5 Å². The van der Waals surface area contributed by atoms with Crippen LogP contribution in [0.25, 0.3) is 0 Å². The van der Waals surface area contributed by atoms with E-state index in [-0.39, 0.29) is 5.41 Å². The summed E-state index contributed by atoms with van der Waals surface area (Å²) in [7, 11) is 1.77. The molecule has 1 saturated carbocycles. The Bertz CT molecular complexity index is 194. The van der Waals surface area contributed by atoms with Gasteiger partial charge in [0.2, 0.25) is 0 Å². The Labute approximate surface area is 100 Å². The van der Waals surface area contributed by atoms with E-state index in [2.05, 4.69) is 19.2 Å². The maximum atomic E-state index is 5.83. The summed E-state index contributed by atoms with van der Waals surface area (Å²) in [6.07, 6.45) is 5.27. The number of hydrogen-bond donors (Lipinski definition) is 2. The first-order chi connectivity index (χ1) is 7.59. The summed E-state index contributed by atoms with van der Waals surface area (Å²) in [5.74, 6) is 0.673. The monoisotopic (exact) mass is 228 g/mol. The van der Waals surface area contributed by atoms with Crippen LogP contribution >= 0.6 is 0 Å². The zero-order chi connectivity index (χ0) is 12.0. The lowest BCUT2D eigenvalue weighted by Crippen LogP contribution is -2.46. The second kappa shape index (κ2) is 6.58. The van der Waals surface area contributed by atoms with Gasteiger partial charge in [-0.2, -0.15) is 0 Å². The molecule has 0 bridgehead atoms. The number of rotatable bonds is 6. The second-order valence-electron chi connectivity index (χ2n) is 5.86. The van der Waals surface area contributed by atoms with E-state index in [1.807, 2.05) is 0 Å². The molecular weight excluding hydrogens is 200 g/mol. The molecule has 1 fully saturated rings. The molecule has 0 amide bonds. The minimum Gasteiger partial charge on any atom is -0.384 e. The third-order valence-corrected chi connectivity index (χ3v) is 3.59. The van der Waals surface area contributed by atoms with Gasteiger partial charge in [-0.25, -0.2) is 0 Å². The van der Waals surface area contributed by atoms with Crippen LogP contribution in [0.2, 0.25) is 0 Å². The molecule has 16 heavy (non-hydrogen) atoms. The van der Waals surface area contributed by atoms with Gasteiger partial charge in [-0.15, -0.1) is 0 Å². The van der Waals surface area contributed by atoms with Crippen LogP contribution in [0.15, 0.2) is 0 Å². The first kappa shape index (κ1) is 13.9. The minimum atomic E-state index is 0.214. The van der Waals surface area contributed by atoms with Gasteiger partial charge in [0.25, 0.3) is 0 Å². The van der Waals surface area contributed by atoms with Gasteiger partial charge in [-0.1, -0.05) is 26.7 Å². The highest BCUT2D eigenvalue weighted by Crippen LogP contribution is 2.24. The minimum absolute atomic E-state index is 0.214. The van der Waals surface area contributed by atoms with Crippen molar-refractivity contribution in [2.24, 2.45) is 17.1 Å². The molecule has 0 aliphatic heterocycles. The lowest BCUT2D eigenvalue weighted by molar-refractivity contribution is 0.0967. The van der Waals surface area contributed by atoms with Crippen LogP contribution in [0.3, 0.4) is 0 Å². The van der Waals surface area contributed by atoms with Crippen molar-refractivity contribution < 1.29 is 4.74 Å². The van der Waals surface area contributed by atoms with Crippen LogP contribution in [-0.4, -0.2) is 32.8 Å². The maximum Gasteiger partial charge on any atom is 0.0525 e. The highest BCUT2D eigenvalue weighted by molar-refractivity contribution is 4.83. The molecule has 0 aromatic carbocycles. The molecule has 2 unspecified atom stereocenters. The molecule has 0 saturated heterocycles. The van der Waals surface area contributed by atoms with Crippen LogP contribution in [0.5, 0.6) is 0 Å². The van der Waals surface area contributed by atoms with Gasteiger partial charge in [0.15, 0.2) is 0 Å². The van der Waals surface area contributed by atoms with Crippen LogP contribution in [-0.2, 0) is 4.74 Å². The van der Waals surface area contributed by atoms with E-state index in [1.54, 1.807) is 7.11 Å². The molecule has 3 heteroatoms. The molecule has 2 atom stereocenters. The van der Waals surface area contributed by atoms with Crippen molar-refractivity contribution in [3.63, 3.8) is 0 Å². The molecule has 3 N–H and O–H groups in total. The van der Waals surface area contributed by atoms with Crippen molar-refractivity contribution in [2.75, 3.05) is 26.8 Å². The van der Waals surface area contributed by atoms with E-state index in [4.69, 9.17) is 10.5 Å². The van der Waals surface area contributed by atoms with Crippen molar-refractivity contribution >= 4 is 0 Å². The second-order valence-corrected chi connectivity index (χ2v) is 5.86. The first-order valence-electron chi connectivity index (χ1n) is 6.51. The van der Waals surface area contributed by atoms with Gasteiger partial charge in [0.1, 0.15) is 0 Å². The summed E-state index contributed by atoms with van der Waals surface area (Å²) in [5.41, 5.74) is 6.04. The van der Waals surface area contributed by atoms with E-state index in [0.717, 1.165) is 19.7 Å². The Morgan fingerprint density at radius 1 is 1.31 bits per heavy atom. The summed E-state index contributed by atoms with van der Waals surface area (Å²) < 4.78 is 5.23. The Balaban J connectivity index is 2.34. The molecule has 0 spiro atoms. The number of ether oxygens (including phenoxy) is 1. The van der Waals surface area contributed by atoms with Crippen molar-refractivity contribution in [3.8, 4) is 0 Å². The largest absolute Gasteiger partial charge is 0.384 e. The fourth-order valence-electron chi connectivity index (χ4n) is 2.61. The highest BCUT2D eigenvalue weighted by Gasteiger charge is 2.26. The van der Waals surface area contributed by atoms with Crippen LogP contribution < -0.4 is 11.1 Å². The third kappa shape index (κ3) is 4.40. The summed E-state index contributed by atoms with van der Waals surface area (Å²) in [6, 6.07) is 0.620. The average molecular weight is 228 g/mol. The highest BCUT2D eigenvalue weighted by atomic mass is 16.5. The molecule has 1 aliphatic rings. The predicted molar refractivity (Wildman–Crippen MR) is 68.5 cm³/mol. The van der Waals surface area contributed by atoms with Crippen molar-refractivity contribution in [2.45, 2.75) is 45.6 Å². The Morgan fingerprint density at radius 2 is 2.00 bits per heavy atom. The van der Waals surface area contributed by atoms with E-state index in [0.29, 0.717) is 12.0 Å². The first-order valence-corrected chi connectivity index (χ1v) is 6.51. The normalized spacial score (nSPS) is 27.0. The maximum absolute atomic E-state index is 5.83. The van der Waals surface area contributed by atoms with Gasteiger partial charge in [0, 0.05) is 25.1 Å². The van der Waals surface area contributed by atoms with Gasteiger partial charge in [-0.3, -0.25) is 0 Å².